The first kappa shape index (κ1) is 14.2. The summed E-state index contributed by atoms with van der Waals surface area (Å²) in [5, 5.41) is 15.6. The molecular formula is C18H18N2O3. The lowest BCUT2D eigenvalue weighted by Crippen LogP contribution is -2.33. The van der Waals surface area contributed by atoms with E-state index in [2.05, 4.69) is 10.6 Å². The number of phenolic OH excluding ortho intramolecular Hbond substituents is 1. The summed E-state index contributed by atoms with van der Waals surface area (Å²) in [6.45, 7) is 0.946. The molecule has 2 fully saturated rings. The van der Waals surface area contributed by atoms with E-state index in [9.17, 15) is 9.90 Å². The minimum absolute atomic E-state index is 0.107. The number of carbonyl (C=O) groups excluding carboxylic acids is 1. The first-order chi connectivity index (χ1) is 11.2. The first-order valence-electron chi connectivity index (χ1n) is 7.78. The Balaban J connectivity index is 1.44. The van der Waals surface area contributed by atoms with Gasteiger partial charge in [0.1, 0.15) is 5.75 Å². The highest BCUT2D eigenvalue weighted by atomic mass is 16.5. The monoisotopic (exact) mass is 310 g/mol. The van der Waals surface area contributed by atoms with Crippen molar-refractivity contribution in [3.05, 3.63) is 59.7 Å². The predicted octanol–water partition coefficient (Wildman–Crippen LogP) is 2.45. The van der Waals surface area contributed by atoms with Crippen molar-refractivity contribution in [3.8, 4) is 5.75 Å². The maximum absolute atomic E-state index is 12.1. The largest absolute Gasteiger partial charge is 0.508 e. The molecule has 2 aliphatic heterocycles. The van der Waals surface area contributed by atoms with Crippen molar-refractivity contribution < 1.29 is 14.6 Å². The number of ether oxygens (including phenoxy) is 1. The van der Waals surface area contributed by atoms with Crippen LogP contribution in [0.15, 0.2) is 48.5 Å². The first-order valence-corrected chi connectivity index (χ1v) is 7.78. The van der Waals surface area contributed by atoms with E-state index in [0.717, 1.165) is 24.2 Å². The molecule has 23 heavy (non-hydrogen) atoms. The van der Waals surface area contributed by atoms with Crippen molar-refractivity contribution in [3.63, 3.8) is 0 Å². The van der Waals surface area contributed by atoms with Crippen LogP contribution < -0.4 is 10.6 Å². The highest BCUT2D eigenvalue weighted by molar-refractivity contribution is 6.04. The summed E-state index contributed by atoms with van der Waals surface area (Å²) in [5.74, 6) is -0.0547. The van der Waals surface area contributed by atoms with Crippen LogP contribution in [-0.2, 0) is 4.74 Å². The Bertz CT molecular complexity index is 712. The molecule has 2 aliphatic rings. The average molecular weight is 310 g/mol. The Morgan fingerprint density at radius 1 is 1.13 bits per heavy atom. The number of fused-ring (bicyclic) bond motifs is 2. The number of morpholine rings is 1. The standard InChI is InChI=1S/C18H18N2O3/c21-14-7-3-12(4-8-14)18(22)20-13-5-1-11(2-6-13)17-16-9-15(23-17)10-19-16/h1-8,15-17,19,21H,9-10H2,(H,20,22)/t15-,16-,17+/m0/s1. The van der Waals surface area contributed by atoms with E-state index in [1.807, 2.05) is 24.3 Å². The summed E-state index contributed by atoms with van der Waals surface area (Å²) in [6, 6.07) is 14.4. The fourth-order valence-corrected chi connectivity index (χ4v) is 3.25. The van der Waals surface area contributed by atoms with Crippen LogP contribution in [0.5, 0.6) is 5.75 Å². The van der Waals surface area contributed by atoms with Gasteiger partial charge in [-0.3, -0.25) is 4.79 Å². The predicted molar refractivity (Wildman–Crippen MR) is 86.5 cm³/mol. The molecule has 0 spiro atoms. The second-order valence-electron chi connectivity index (χ2n) is 6.05. The summed E-state index contributed by atoms with van der Waals surface area (Å²) in [7, 11) is 0. The van der Waals surface area contributed by atoms with Crippen LogP contribution in [0.1, 0.15) is 28.4 Å². The van der Waals surface area contributed by atoms with E-state index in [4.69, 9.17) is 4.74 Å². The summed E-state index contributed by atoms with van der Waals surface area (Å²) in [6.07, 6.45) is 1.51. The molecule has 0 saturated carbocycles. The van der Waals surface area contributed by atoms with Crippen LogP contribution in [0.3, 0.4) is 0 Å². The van der Waals surface area contributed by atoms with Gasteiger partial charge in [-0.25, -0.2) is 0 Å². The zero-order valence-corrected chi connectivity index (χ0v) is 12.5. The van der Waals surface area contributed by atoms with E-state index in [-0.39, 0.29) is 17.8 Å². The molecule has 2 heterocycles. The van der Waals surface area contributed by atoms with Crippen LogP contribution in [-0.4, -0.2) is 29.7 Å². The molecule has 2 bridgehead atoms. The molecule has 5 nitrogen and oxygen atoms in total. The van der Waals surface area contributed by atoms with Crippen molar-refractivity contribution in [1.29, 1.82) is 0 Å². The minimum Gasteiger partial charge on any atom is -0.508 e. The lowest BCUT2D eigenvalue weighted by Gasteiger charge is -2.23. The van der Waals surface area contributed by atoms with Gasteiger partial charge in [0.05, 0.1) is 12.2 Å². The van der Waals surface area contributed by atoms with Gasteiger partial charge < -0.3 is 20.5 Å². The molecule has 2 aromatic rings. The van der Waals surface area contributed by atoms with Gasteiger partial charge in [0.25, 0.3) is 5.91 Å². The van der Waals surface area contributed by atoms with E-state index in [0.29, 0.717) is 17.7 Å². The maximum atomic E-state index is 12.1. The SMILES string of the molecule is O=C(Nc1ccc([C@H]2O[C@@H]3CN[C@H]2C3)cc1)c1ccc(O)cc1. The van der Waals surface area contributed by atoms with E-state index < -0.39 is 0 Å². The Kier molecular flexibility index (Phi) is 3.52. The van der Waals surface area contributed by atoms with Gasteiger partial charge in [0.15, 0.2) is 0 Å². The van der Waals surface area contributed by atoms with E-state index >= 15 is 0 Å². The quantitative estimate of drug-likeness (QED) is 0.814. The zero-order valence-electron chi connectivity index (χ0n) is 12.5. The van der Waals surface area contributed by atoms with Crippen LogP contribution in [0.4, 0.5) is 5.69 Å². The average Bonchev–Trinajstić information content (AvgIpc) is 3.19. The van der Waals surface area contributed by atoms with Crippen molar-refractivity contribution in [2.24, 2.45) is 0 Å². The maximum Gasteiger partial charge on any atom is 0.255 e. The van der Waals surface area contributed by atoms with E-state index in [1.165, 1.54) is 12.1 Å². The summed E-state index contributed by atoms with van der Waals surface area (Å²) in [5.41, 5.74) is 2.38. The highest BCUT2D eigenvalue weighted by Gasteiger charge is 2.41. The van der Waals surface area contributed by atoms with Crippen molar-refractivity contribution >= 4 is 11.6 Å². The number of rotatable bonds is 3. The zero-order chi connectivity index (χ0) is 15.8. The third-order valence-corrected chi connectivity index (χ3v) is 4.46. The molecule has 1 amide bonds. The van der Waals surface area contributed by atoms with Crippen molar-refractivity contribution in [1.82, 2.24) is 5.32 Å². The lowest BCUT2D eigenvalue weighted by molar-refractivity contribution is 0.0160. The number of nitrogens with one attached hydrogen (secondary N) is 2. The fraction of sp³-hybridized carbons (Fsp3) is 0.278. The number of hydrogen-bond acceptors (Lipinski definition) is 4. The van der Waals surface area contributed by atoms with Gasteiger partial charge in [-0.2, -0.15) is 0 Å². The normalized spacial score (nSPS) is 25.5. The summed E-state index contributed by atoms with van der Waals surface area (Å²) >= 11 is 0. The molecule has 5 heteroatoms. The van der Waals surface area contributed by atoms with Gasteiger partial charge in [-0.1, -0.05) is 12.1 Å². The molecule has 118 valence electrons. The Hall–Kier alpha value is -2.37. The number of hydrogen-bond donors (Lipinski definition) is 3. The minimum atomic E-state index is -0.199. The molecule has 0 radical (unpaired) electrons. The van der Waals surface area contributed by atoms with Crippen LogP contribution in [0.25, 0.3) is 0 Å². The second kappa shape index (κ2) is 5.68. The smallest absolute Gasteiger partial charge is 0.255 e. The van der Waals surface area contributed by atoms with Gasteiger partial charge in [-0.05, 0) is 48.4 Å². The van der Waals surface area contributed by atoms with Crippen molar-refractivity contribution in [2.45, 2.75) is 24.7 Å². The van der Waals surface area contributed by atoms with Crippen LogP contribution >= 0.6 is 0 Å². The highest BCUT2D eigenvalue weighted by Crippen LogP contribution is 2.37. The third kappa shape index (κ3) is 2.81. The lowest BCUT2D eigenvalue weighted by atomic mass is 10.0. The molecule has 2 saturated heterocycles. The molecule has 3 atom stereocenters. The molecular weight excluding hydrogens is 292 g/mol. The van der Waals surface area contributed by atoms with Crippen LogP contribution in [0.2, 0.25) is 0 Å². The van der Waals surface area contributed by atoms with Gasteiger partial charge >= 0.3 is 0 Å². The molecule has 0 aliphatic carbocycles. The Morgan fingerprint density at radius 3 is 2.48 bits per heavy atom. The Morgan fingerprint density at radius 2 is 1.87 bits per heavy atom. The van der Waals surface area contributed by atoms with Gasteiger partial charge in [0.2, 0.25) is 0 Å². The molecule has 0 unspecified atom stereocenters. The molecule has 4 rings (SSSR count). The topological polar surface area (TPSA) is 70.6 Å². The molecule has 0 aromatic heterocycles. The number of benzene rings is 2. The van der Waals surface area contributed by atoms with Gasteiger partial charge in [-0.15, -0.1) is 0 Å². The summed E-state index contributed by atoms with van der Waals surface area (Å²) in [4.78, 5) is 12.1. The molecule has 3 N–H and O–H groups in total. The van der Waals surface area contributed by atoms with Gasteiger partial charge in [0, 0.05) is 23.8 Å². The molecule has 2 aromatic carbocycles. The number of anilines is 1. The summed E-state index contributed by atoms with van der Waals surface area (Å²) < 4.78 is 5.97. The van der Waals surface area contributed by atoms with Crippen LogP contribution in [0, 0.1) is 0 Å². The number of phenols is 1. The number of carbonyl (C=O) groups is 1. The number of amides is 1. The number of aromatic hydroxyl groups is 1. The Labute approximate surface area is 134 Å². The third-order valence-electron chi connectivity index (χ3n) is 4.46. The fourth-order valence-electron chi connectivity index (χ4n) is 3.25. The van der Waals surface area contributed by atoms with E-state index in [1.54, 1.807) is 12.1 Å². The van der Waals surface area contributed by atoms with Crippen molar-refractivity contribution in [2.75, 3.05) is 11.9 Å². The second-order valence-corrected chi connectivity index (χ2v) is 6.05.